The molecular formula is C15H23BrN2O3S. The Balaban J connectivity index is 2.26. The van der Waals surface area contributed by atoms with Gasteiger partial charge >= 0.3 is 0 Å². The molecule has 0 bridgehead atoms. The van der Waals surface area contributed by atoms with Crippen LogP contribution in [0.2, 0.25) is 0 Å². The fourth-order valence-electron chi connectivity index (χ4n) is 2.86. The molecule has 0 spiro atoms. The number of aromatic nitrogens is 1. The minimum Gasteiger partial charge on any atom is -0.343 e. The van der Waals surface area contributed by atoms with E-state index >= 15 is 0 Å². The molecule has 1 saturated heterocycles. The van der Waals surface area contributed by atoms with Gasteiger partial charge in [0.05, 0.1) is 11.5 Å². The highest BCUT2D eigenvalue weighted by molar-refractivity contribution is 9.10. The van der Waals surface area contributed by atoms with Crippen molar-refractivity contribution in [1.82, 2.24) is 9.47 Å². The first-order chi connectivity index (χ1) is 10.4. The molecule has 1 fully saturated rings. The van der Waals surface area contributed by atoms with Crippen molar-refractivity contribution >= 4 is 31.7 Å². The van der Waals surface area contributed by atoms with Crippen molar-refractivity contribution < 1.29 is 13.2 Å². The number of carbonyl (C=O) groups excluding carboxylic acids is 1. The number of hydrogen-bond donors (Lipinski definition) is 0. The van der Waals surface area contributed by atoms with E-state index < -0.39 is 9.84 Å². The summed E-state index contributed by atoms with van der Waals surface area (Å²) in [6, 6.07) is 1.62. The van der Waals surface area contributed by atoms with E-state index in [4.69, 9.17) is 0 Å². The monoisotopic (exact) mass is 390 g/mol. The SMILES string of the molecule is CCCCN(C(=O)c1cc(Br)cn1CC)C1CCS(=O)(=O)C1. The maximum absolute atomic E-state index is 12.9. The van der Waals surface area contributed by atoms with Gasteiger partial charge in [0, 0.05) is 29.8 Å². The normalized spacial score (nSPS) is 20.2. The molecular weight excluding hydrogens is 368 g/mol. The van der Waals surface area contributed by atoms with Gasteiger partial charge in [-0.15, -0.1) is 0 Å². The highest BCUT2D eigenvalue weighted by Gasteiger charge is 2.35. The van der Waals surface area contributed by atoms with Crippen molar-refractivity contribution in [2.45, 2.75) is 45.7 Å². The van der Waals surface area contributed by atoms with Gasteiger partial charge in [0.25, 0.3) is 5.91 Å². The summed E-state index contributed by atoms with van der Waals surface area (Å²) in [5.74, 6) is 0.214. The van der Waals surface area contributed by atoms with Crippen molar-refractivity contribution in [2.75, 3.05) is 18.1 Å². The van der Waals surface area contributed by atoms with Gasteiger partial charge < -0.3 is 9.47 Å². The largest absolute Gasteiger partial charge is 0.343 e. The van der Waals surface area contributed by atoms with Crippen molar-refractivity contribution in [3.8, 4) is 0 Å². The summed E-state index contributed by atoms with van der Waals surface area (Å²) < 4.78 is 26.3. The Kier molecular flexibility index (Phi) is 5.71. The number of hydrogen-bond acceptors (Lipinski definition) is 3. The van der Waals surface area contributed by atoms with Gasteiger partial charge in [-0.05, 0) is 41.8 Å². The van der Waals surface area contributed by atoms with Crippen LogP contribution in [-0.2, 0) is 16.4 Å². The van der Waals surface area contributed by atoms with E-state index in [1.165, 1.54) is 0 Å². The second-order valence-electron chi connectivity index (χ2n) is 5.74. The second-order valence-corrected chi connectivity index (χ2v) is 8.88. The van der Waals surface area contributed by atoms with Gasteiger partial charge in [0.2, 0.25) is 0 Å². The molecule has 1 aromatic rings. The van der Waals surface area contributed by atoms with E-state index in [1.54, 1.807) is 4.90 Å². The number of amides is 1. The molecule has 2 rings (SSSR count). The summed E-state index contributed by atoms with van der Waals surface area (Å²) in [5, 5.41) is 0. The van der Waals surface area contributed by atoms with Crippen molar-refractivity contribution in [1.29, 1.82) is 0 Å². The van der Waals surface area contributed by atoms with Crippen LogP contribution < -0.4 is 0 Å². The lowest BCUT2D eigenvalue weighted by atomic mass is 10.2. The van der Waals surface area contributed by atoms with Crippen LogP contribution >= 0.6 is 15.9 Å². The van der Waals surface area contributed by atoms with E-state index in [9.17, 15) is 13.2 Å². The molecule has 2 heterocycles. The zero-order valence-corrected chi connectivity index (χ0v) is 15.5. The molecule has 1 amide bonds. The number of halogens is 1. The maximum atomic E-state index is 12.9. The quantitative estimate of drug-likeness (QED) is 0.749. The van der Waals surface area contributed by atoms with Crippen LogP contribution in [0, 0.1) is 0 Å². The molecule has 0 saturated carbocycles. The zero-order chi connectivity index (χ0) is 16.3. The second kappa shape index (κ2) is 7.17. The van der Waals surface area contributed by atoms with Crippen LogP contribution in [0.5, 0.6) is 0 Å². The summed E-state index contributed by atoms with van der Waals surface area (Å²) in [5.41, 5.74) is 0.620. The minimum atomic E-state index is -3.00. The van der Waals surface area contributed by atoms with Gasteiger partial charge in [-0.1, -0.05) is 13.3 Å². The molecule has 7 heteroatoms. The molecule has 1 unspecified atom stereocenters. The number of rotatable bonds is 6. The molecule has 5 nitrogen and oxygen atoms in total. The van der Waals surface area contributed by atoms with Crippen LogP contribution in [0.15, 0.2) is 16.7 Å². The van der Waals surface area contributed by atoms with Gasteiger partial charge in [0.1, 0.15) is 5.69 Å². The first-order valence-corrected chi connectivity index (χ1v) is 10.4. The molecule has 0 N–H and O–H groups in total. The Morgan fingerprint density at radius 3 is 2.73 bits per heavy atom. The standard InChI is InChI=1S/C15H23BrN2O3S/c1-3-5-7-18(13-6-8-22(20,21)11-13)15(19)14-9-12(16)10-17(14)4-2/h9-10,13H,3-8,11H2,1-2H3. The molecule has 0 aliphatic carbocycles. The highest BCUT2D eigenvalue weighted by atomic mass is 79.9. The lowest BCUT2D eigenvalue weighted by Crippen LogP contribution is -2.42. The summed E-state index contributed by atoms with van der Waals surface area (Å²) in [4.78, 5) is 14.7. The molecule has 1 aliphatic heterocycles. The molecule has 0 aromatic carbocycles. The zero-order valence-electron chi connectivity index (χ0n) is 13.1. The Morgan fingerprint density at radius 2 is 2.18 bits per heavy atom. The average Bonchev–Trinajstić information content (AvgIpc) is 3.01. The van der Waals surface area contributed by atoms with E-state index in [-0.39, 0.29) is 23.5 Å². The van der Waals surface area contributed by atoms with Crippen LogP contribution in [0.3, 0.4) is 0 Å². The average molecular weight is 391 g/mol. The summed E-state index contributed by atoms with van der Waals surface area (Å²) in [6.07, 6.45) is 4.29. The smallest absolute Gasteiger partial charge is 0.270 e. The van der Waals surface area contributed by atoms with E-state index in [0.717, 1.165) is 17.3 Å². The number of nitrogens with zero attached hydrogens (tertiary/aromatic N) is 2. The predicted octanol–water partition coefficient (Wildman–Crippen LogP) is 2.70. The Hall–Kier alpha value is -0.820. The third-order valence-corrected chi connectivity index (χ3v) is 6.27. The number of unbranched alkanes of at least 4 members (excludes halogenated alkanes) is 1. The lowest BCUT2D eigenvalue weighted by Gasteiger charge is -2.28. The Morgan fingerprint density at radius 1 is 1.45 bits per heavy atom. The lowest BCUT2D eigenvalue weighted by molar-refractivity contribution is 0.0683. The molecule has 1 atom stereocenters. The number of carbonyl (C=O) groups is 1. The predicted molar refractivity (Wildman–Crippen MR) is 90.8 cm³/mol. The summed E-state index contributed by atoms with van der Waals surface area (Å²) in [6.45, 7) is 5.37. The maximum Gasteiger partial charge on any atom is 0.270 e. The number of aryl methyl sites for hydroxylation is 1. The van der Waals surface area contributed by atoms with Gasteiger partial charge in [-0.3, -0.25) is 4.79 Å². The first-order valence-electron chi connectivity index (χ1n) is 7.75. The molecule has 124 valence electrons. The van der Waals surface area contributed by atoms with Crippen LogP contribution in [0.1, 0.15) is 43.6 Å². The summed E-state index contributed by atoms with van der Waals surface area (Å²) in [7, 11) is -3.00. The van der Waals surface area contributed by atoms with Crippen LogP contribution in [0.4, 0.5) is 0 Å². The highest BCUT2D eigenvalue weighted by Crippen LogP contribution is 2.23. The van der Waals surface area contributed by atoms with Crippen LogP contribution in [-0.4, -0.2) is 47.9 Å². The van der Waals surface area contributed by atoms with E-state index in [1.807, 2.05) is 23.8 Å². The van der Waals surface area contributed by atoms with Crippen molar-refractivity contribution in [3.05, 3.63) is 22.4 Å². The van der Waals surface area contributed by atoms with Gasteiger partial charge in [0.15, 0.2) is 9.84 Å². The fourth-order valence-corrected chi connectivity index (χ4v) is 5.06. The van der Waals surface area contributed by atoms with Crippen molar-refractivity contribution in [2.24, 2.45) is 0 Å². The number of sulfone groups is 1. The Labute approximate surface area is 140 Å². The molecule has 0 radical (unpaired) electrons. The van der Waals surface area contributed by atoms with Crippen LogP contribution in [0.25, 0.3) is 0 Å². The molecule has 1 aliphatic rings. The molecule has 22 heavy (non-hydrogen) atoms. The topological polar surface area (TPSA) is 59.4 Å². The van der Waals surface area contributed by atoms with E-state index in [2.05, 4.69) is 22.9 Å². The third kappa shape index (κ3) is 3.93. The molecule has 1 aromatic heterocycles. The van der Waals surface area contributed by atoms with E-state index in [0.29, 0.717) is 25.2 Å². The van der Waals surface area contributed by atoms with Crippen molar-refractivity contribution in [3.63, 3.8) is 0 Å². The Bertz CT molecular complexity index is 639. The third-order valence-electron chi connectivity index (χ3n) is 4.09. The fraction of sp³-hybridized carbons (Fsp3) is 0.667. The van der Waals surface area contributed by atoms with Gasteiger partial charge in [-0.2, -0.15) is 0 Å². The van der Waals surface area contributed by atoms with Gasteiger partial charge in [-0.25, -0.2) is 8.42 Å². The summed E-state index contributed by atoms with van der Waals surface area (Å²) >= 11 is 3.41. The minimum absolute atomic E-state index is 0.0666. The first kappa shape index (κ1) is 17.5.